The van der Waals surface area contributed by atoms with E-state index in [-0.39, 0.29) is 6.10 Å². The van der Waals surface area contributed by atoms with E-state index in [1.165, 1.54) is 0 Å². The van der Waals surface area contributed by atoms with Crippen molar-refractivity contribution in [1.82, 2.24) is 0 Å². The lowest BCUT2D eigenvalue weighted by Crippen LogP contribution is -2.29. The Morgan fingerprint density at radius 2 is 2.12 bits per heavy atom. The van der Waals surface area contributed by atoms with Crippen molar-refractivity contribution in [2.45, 2.75) is 25.2 Å². The molecule has 1 heterocycles. The van der Waals surface area contributed by atoms with E-state index in [1.54, 1.807) is 7.11 Å². The van der Waals surface area contributed by atoms with Crippen LogP contribution in [-0.2, 0) is 15.9 Å². The summed E-state index contributed by atoms with van der Waals surface area (Å²) in [6.45, 7) is 2.51. The van der Waals surface area contributed by atoms with E-state index in [0.29, 0.717) is 18.9 Å². The van der Waals surface area contributed by atoms with E-state index in [1.807, 2.05) is 31.2 Å². The van der Waals surface area contributed by atoms with E-state index in [2.05, 4.69) is 0 Å². The van der Waals surface area contributed by atoms with E-state index < -0.39 is 5.79 Å². The first-order valence-electron chi connectivity index (χ1n) is 5.66. The van der Waals surface area contributed by atoms with Crippen molar-refractivity contribution in [3.8, 4) is 5.75 Å². The second-order valence-corrected chi connectivity index (χ2v) is 4.67. The van der Waals surface area contributed by atoms with Crippen LogP contribution in [0.5, 0.6) is 5.75 Å². The Labute approximate surface area is 107 Å². The zero-order chi connectivity index (χ0) is 12.3. The smallest absolute Gasteiger partial charge is 0.170 e. The van der Waals surface area contributed by atoms with Gasteiger partial charge in [-0.15, -0.1) is 11.6 Å². The maximum atomic E-state index is 5.77. The Hall–Kier alpha value is -0.770. The molecule has 1 saturated heterocycles. The molecule has 0 aliphatic carbocycles. The van der Waals surface area contributed by atoms with Gasteiger partial charge >= 0.3 is 0 Å². The molecule has 1 aliphatic heterocycles. The molecule has 2 rings (SSSR count). The molecule has 4 heteroatoms. The Bertz CT molecular complexity index is 365. The molecule has 0 bridgehead atoms. The van der Waals surface area contributed by atoms with Crippen LogP contribution >= 0.6 is 11.6 Å². The molecule has 1 aromatic rings. The van der Waals surface area contributed by atoms with Crippen molar-refractivity contribution in [3.05, 3.63) is 29.8 Å². The van der Waals surface area contributed by atoms with E-state index in [4.69, 9.17) is 25.8 Å². The molecule has 1 aliphatic rings. The lowest BCUT2D eigenvalue weighted by atomic mass is 10.1. The number of benzene rings is 1. The summed E-state index contributed by atoms with van der Waals surface area (Å²) in [6.07, 6.45) is 0.713. The van der Waals surface area contributed by atoms with Gasteiger partial charge in [0, 0.05) is 6.42 Å². The van der Waals surface area contributed by atoms with Gasteiger partial charge in [-0.1, -0.05) is 12.1 Å². The van der Waals surface area contributed by atoms with Gasteiger partial charge in [-0.2, -0.15) is 0 Å². The van der Waals surface area contributed by atoms with Crippen LogP contribution in [0.25, 0.3) is 0 Å². The molecule has 2 unspecified atom stereocenters. The zero-order valence-corrected chi connectivity index (χ0v) is 10.9. The van der Waals surface area contributed by atoms with Crippen molar-refractivity contribution in [3.63, 3.8) is 0 Å². The summed E-state index contributed by atoms with van der Waals surface area (Å²) in [6, 6.07) is 7.91. The van der Waals surface area contributed by atoms with Crippen molar-refractivity contribution in [2.24, 2.45) is 0 Å². The van der Waals surface area contributed by atoms with Gasteiger partial charge in [-0.25, -0.2) is 0 Å². The van der Waals surface area contributed by atoms with Crippen LogP contribution in [0.1, 0.15) is 12.5 Å². The largest absolute Gasteiger partial charge is 0.497 e. The number of rotatable bonds is 4. The fraction of sp³-hybridized carbons (Fsp3) is 0.538. The van der Waals surface area contributed by atoms with E-state index >= 15 is 0 Å². The maximum Gasteiger partial charge on any atom is 0.170 e. The number of halogens is 1. The van der Waals surface area contributed by atoms with Crippen molar-refractivity contribution in [2.75, 3.05) is 19.6 Å². The molecule has 17 heavy (non-hydrogen) atoms. The molecule has 2 atom stereocenters. The predicted molar refractivity (Wildman–Crippen MR) is 66.6 cm³/mol. The van der Waals surface area contributed by atoms with Gasteiger partial charge < -0.3 is 14.2 Å². The molecule has 3 nitrogen and oxygen atoms in total. The van der Waals surface area contributed by atoms with Crippen molar-refractivity contribution in [1.29, 1.82) is 0 Å². The van der Waals surface area contributed by atoms with Crippen LogP contribution in [0.3, 0.4) is 0 Å². The molecule has 0 radical (unpaired) electrons. The Kier molecular flexibility index (Phi) is 3.92. The molecule has 0 amide bonds. The summed E-state index contributed by atoms with van der Waals surface area (Å²) in [5.74, 6) is 0.762. The SMILES string of the molecule is COc1ccc(CC2(C)OCC(CCl)O2)cc1. The molecule has 94 valence electrons. The first kappa shape index (κ1) is 12.7. The molecule has 0 spiro atoms. The van der Waals surface area contributed by atoms with E-state index in [0.717, 1.165) is 11.3 Å². The summed E-state index contributed by atoms with van der Waals surface area (Å²) in [5, 5.41) is 0. The summed E-state index contributed by atoms with van der Waals surface area (Å²) in [5.41, 5.74) is 1.16. The number of hydrogen-bond donors (Lipinski definition) is 0. The average Bonchev–Trinajstić information content (AvgIpc) is 2.72. The van der Waals surface area contributed by atoms with Gasteiger partial charge in [0.1, 0.15) is 5.75 Å². The minimum absolute atomic E-state index is 0.0000787. The third-order valence-corrected chi connectivity index (χ3v) is 3.19. The Morgan fingerprint density at radius 1 is 1.41 bits per heavy atom. The van der Waals surface area contributed by atoms with Crippen LogP contribution in [0.2, 0.25) is 0 Å². The Balaban J connectivity index is 2.00. The van der Waals surface area contributed by atoms with E-state index in [9.17, 15) is 0 Å². The number of methoxy groups -OCH3 is 1. The first-order chi connectivity index (χ1) is 8.15. The second kappa shape index (κ2) is 5.25. The van der Waals surface area contributed by atoms with Crippen LogP contribution in [-0.4, -0.2) is 31.5 Å². The third kappa shape index (κ3) is 3.12. The normalized spacial score (nSPS) is 28.3. The summed E-state index contributed by atoms with van der Waals surface area (Å²) in [7, 11) is 1.66. The summed E-state index contributed by atoms with van der Waals surface area (Å²) < 4.78 is 16.6. The highest BCUT2D eigenvalue weighted by Crippen LogP contribution is 2.28. The zero-order valence-electron chi connectivity index (χ0n) is 10.1. The van der Waals surface area contributed by atoms with Gasteiger partial charge in [-0.05, 0) is 24.6 Å². The van der Waals surface area contributed by atoms with Gasteiger partial charge in [0.05, 0.1) is 25.7 Å². The van der Waals surface area contributed by atoms with Crippen LogP contribution in [0.15, 0.2) is 24.3 Å². The molecule has 0 saturated carbocycles. The predicted octanol–water partition coefficient (Wildman–Crippen LogP) is 2.61. The van der Waals surface area contributed by atoms with Gasteiger partial charge in [0.2, 0.25) is 0 Å². The minimum Gasteiger partial charge on any atom is -0.497 e. The standard InChI is InChI=1S/C13H17ClO3/c1-13(16-9-12(8-14)17-13)7-10-3-5-11(15-2)6-4-10/h3-6,12H,7-9H2,1-2H3. The molecule has 1 fully saturated rings. The van der Waals surface area contributed by atoms with Crippen molar-refractivity contribution >= 4 is 11.6 Å². The molecule has 0 aromatic heterocycles. The minimum atomic E-state index is -0.561. The fourth-order valence-electron chi connectivity index (χ4n) is 1.97. The molecule has 1 aromatic carbocycles. The Morgan fingerprint density at radius 3 is 2.65 bits per heavy atom. The average molecular weight is 257 g/mol. The van der Waals surface area contributed by atoms with Gasteiger partial charge in [-0.3, -0.25) is 0 Å². The molecule has 0 N–H and O–H groups in total. The fourth-order valence-corrected chi connectivity index (χ4v) is 2.12. The second-order valence-electron chi connectivity index (χ2n) is 4.36. The quantitative estimate of drug-likeness (QED) is 0.775. The van der Waals surface area contributed by atoms with Gasteiger partial charge in [0.25, 0.3) is 0 Å². The first-order valence-corrected chi connectivity index (χ1v) is 6.19. The summed E-state index contributed by atoms with van der Waals surface area (Å²) >= 11 is 5.76. The summed E-state index contributed by atoms with van der Waals surface area (Å²) in [4.78, 5) is 0. The highest BCUT2D eigenvalue weighted by molar-refractivity contribution is 6.18. The lowest BCUT2D eigenvalue weighted by molar-refractivity contribution is -0.150. The van der Waals surface area contributed by atoms with Crippen molar-refractivity contribution < 1.29 is 14.2 Å². The van der Waals surface area contributed by atoms with Crippen LogP contribution in [0.4, 0.5) is 0 Å². The number of hydrogen-bond acceptors (Lipinski definition) is 3. The maximum absolute atomic E-state index is 5.77. The molecular weight excluding hydrogens is 240 g/mol. The monoisotopic (exact) mass is 256 g/mol. The van der Waals surface area contributed by atoms with Crippen LogP contribution in [0, 0.1) is 0 Å². The molecular formula is C13H17ClO3. The third-order valence-electron chi connectivity index (χ3n) is 2.85. The topological polar surface area (TPSA) is 27.7 Å². The highest BCUT2D eigenvalue weighted by Gasteiger charge is 2.36. The highest BCUT2D eigenvalue weighted by atomic mass is 35.5. The lowest BCUT2D eigenvalue weighted by Gasteiger charge is -2.23. The van der Waals surface area contributed by atoms with Crippen LogP contribution < -0.4 is 4.74 Å². The number of alkyl halides is 1. The van der Waals surface area contributed by atoms with Gasteiger partial charge in [0.15, 0.2) is 5.79 Å². The number of ether oxygens (including phenoxy) is 3.